The number of nitrogens with zero attached hydrogens (tertiary/aromatic N) is 1. The van der Waals surface area contributed by atoms with Crippen molar-refractivity contribution >= 4 is 0 Å². The number of hydrogen-bond acceptors (Lipinski definition) is 2. The zero-order valence-electron chi connectivity index (χ0n) is 10.3. The molecule has 1 aromatic carbocycles. The van der Waals surface area contributed by atoms with Gasteiger partial charge < -0.3 is 5.11 Å². The molecule has 1 heterocycles. The van der Waals surface area contributed by atoms with E-state index in [0.717, 1.165) is 12.1 Å². The number of hydrogen-bond donors (Lipinski definition) is 1. The van der Waals surface area contributed by atoms with Gasteiger partial charge in [-0.1, -0.05) is 19.9 Å². The Morgan fingerprint density at radius 2 is 2.06 bits per heavy atom. The van der Waals surface area contributed by atoms with Gasteiger partial charge in [0.15, 0.2) is 0 Å². The summed E-state index contributed by atoms with van der Waals surface area (Å²) in [5, 5.41) is 10.0. The van der Waals surface area contributed by atoms with Crippen LogP contribution in [0, 0.1) is 5.92 Å². The summed E-state index contributed by atoms with van der Waals surface area (Å²) in [7, 11) is 0. The van der Waals surface area contributed by atoms with Crippen LogP contribution in [0.5, 0.6) is 0 Å². The maximum Gasteiger partial charge on any atom is 0.416 e. The average Bonchev–Trinajstić information content (AvgIpc) is 2.53. The minimum atomic E-state index is -4.33. The second-order valence-electron chi connectivity index (χ2n) is 5.11. The molecule has 0 saturated heterocycles. The highest BCUT2D eigenvalue weighted by Gasteiger charge is 2.34. The summed E-state index contributed by atoms with van der Waals surface area (Å²) in [4.78, 5) is 1.79. The third-order valence-corrected chi connectivity index (χ3v) is 3.07. The van der Waals surface area contributed by atoms with Gasteiger partial charge >= 0.3 is 6.18 Å². The Balaban J connectivity index is 2.26. The summed E-state index contributed by atoms with van der Waals surface area (Å²) in [6.07, 6.45) is -5.12. The van der Waals surface area contributed by atoms with Gasteiger partial charge in [-0.2, -0.15) is 13.2 Å². The Morgan fingerprint density at radius 3 is 2.61 bits per heavy atom. The number of aliphatic hydroxyl groups excluding tert-OH is 1. The summed E-state index contributed by atoms with van der Waals surface area (Å²) in [6.45, 7) is 5.06. The zero-order valence-corrected chi connectivity index (χ0v) is 10.3. The summed E-state index contributed by atoms with van der Waals surface area (Å²) < 4.78 is 37.8. The van der Waals surface area contributed by atoms with E-state index in [4.69, 9.17) is 0 Å². The molecular weight excluding hydrogens is 243 g/mol. The molecule has 1 atom stereocenters. The van der Waals surface area contributed by atoms with Crippen LogP contribution in [0.2, 0.25) is 0 Å². The SMILES string of the molecule is CC(C)CN1Cc2cc(C(F)(F)F)ccc2C1O. The molecule has 0 amide bonds. The molecular formula is C13H16F3NO. The molecule has 18 heavy (non-hydrogen) atoms. The molecule has 5 heteroatoms. The molecule has 0 radical (unpaired) electrons. The molecule has 1 aromatic rings. The number of aliphatic hydroxyl groups is 1. The van der Waals surface area contributed by atoms with Crippen molar-refractivity contribution in [2.24, 2.45) is 5.92 Å². The van der Waals surface area contributed by atoms with E-state index in [1.807, 2.05) is 13.8 Å². The molecule has 0 saturated carbocycles. The fourth-order valence-electron chi connectivity index (χ4n) is 2.31. The van der Waals surface area contributed by atoms with Crippen molar-refractivity contribution < 1.29 is 18.3 Å². The predicted octanol–water partition coefficient (Wildman–Crippen LogP) is 3.17. The maximum absolute atomic E-state index is 12.6. The van der Waals surface area contributed by atoms with Gasteiger partial charge in [0.1, 0.15) is 6.23 Å². The van der Waals surface area contributed by atoms with Crippen LogP contribution in [0.3, 0.4) is 0 Å². The van der Waals surface area contributed by atoms with E-state index < -0.39 is 18.0 Å². The zero-order chi connectivity index (χ0) is 13.5. The van der Waals surface area contributed by atoms with Crippen molar-refractivity contribution in [2.75, 3.05) is 6.54 Å². The van der Waals surface area contributed by atoms with Gasteiger partial charge in [-0.15, -0.1) is 0 Å². The van der Waals surface area contributed by atoms with Crippen molar-refractivity contribution in [3.05, 3.63) is 34.9 Å². The van der Waals surface area contributed by atoms with Crippen LogP contribution in [0.1, 0.15) is 36.8 Å². The molecule has 1 aliphatic rings. The van der Waals surface area contributed by atoms with Crippen LogP contribution in [-0.4, -0.2) is 16.6 Å². The Labute approximate surface area is 104 Å². The van der Waals surface area contributed by atoms with E-state index in [-0.39, 0.29) is 0 Å². The van der Waals surface area contributed by atoms with E-state index in [0.29, 0.717) is 30.1 Å². The number of benzene rings is 1. The summed E-state index contributed by atoms with van der Waals surface area (Å²) >= 11 is 0. The lowest BCUT2D eigenvalue weighted by Gasteiger charge is -2.22. The van der Waals surface area contributed by atoms with Gasteiger partial charge in [0.2, 0.25) is 0 Å². The van der Waals surface area contributed by atoms with E-state index in [2.05, 4.69) is 0 Å². The molecule has 100 valence electrons. The van der Waals surface area contributed by atoms with Crippen molar-refractivity contribution in [3.63, 3.8) is 0 Å². The minimum Gasteiger partial charge on any atom is -0.374 e. The minimum absolute atomic E-state index is 0.357. The molecule has 1 unspecified atom stereocenters. The second-order valence-corrected chi connectivity index (χ2v) is 5.11. The second kappa shape index (κ2) is 4.55. The maximum atomic E-state index is 12.6. The largest absolute Gasteiger partial charge is 0.416 e. The van der Waals surface area contributed by atoms with E-state index in [1.54, 1.807) is 4.90 Å². The Morgan fingerprint density at radius 1 is 1.39 bits per heavy atom. The van der Waals surface area contributed by atoms with Gasteiger partial charge in [-0.25, -0.2) is 0 Å². The van der Waals surface area contributed by atoms with Crippen molar-refractivity contribution in [2.45, 2.75) is 32.8 Å². The van der Waals surface area contributed by atoms with Crippen molar-refractivity contribution in [1.82, 2.24) is 4.90 Å². The van der Waals surface area contributed by atoms with E-state index >= 15 is 0 Å². The number of rotatable bonds is 2. The Bertz CT molecular complexity index is 442. The van der Waals surface area contributed by atoms with Crippen LogP contribution in [-0.2, 0) is 12.7 Å². The fraction of sp³-hybridized carbons (Fsp3) is 0.538. The molecule has 0 spiro atoms. The van der Waals surface area contributed by atoms with Crippen molar-refractivity contribution in [1.29, 1.82) is 0 Å². The first-order chi connectivity index (χ1) is 8.29. The first-order valence-corrected chi connectivity index (χ1v) is 5.91. The van der Waals surface area contributed by atoms with Crippen molar-refractivity contribution in [3.8, 4) is 0 Å². The Kier molecular flexibility index (Phi) is 3.38. The quantitative estimate of drug-likeness (QED) is 0.881. The summed E-state index contributed by atoms with van der Waals surface area (Å²) in [6, 6.07) is 3.54. The van der Waals surface area contributed by atoms with Gasteiger partial charge in [0.25, 0.3) is 0 Å². The van der Waals surface area contributed by atoms with Gasteiger partial charge in [-0.3, -0.25) is 4.90 Å². The van der Waals surface area contributed by atoms with Gasteiger partial charge in [0, 0.05) is 13.1 Å². The average molecular weight is 259 g/mol. The first kappa shape index (κ1) is 13.4. The van der Waals surface area contributed by atoms with Crippen LogP contribution in [0.25, 0.3) is 0 Å². The summed E-state index contributed by atoms with van der Waals surface area (Å²) in [5.41, 5.74) is 0.501. The third-order valence-electron chi connectivity index (χ3n) is 3.07. The lowest BCUT2D eigenvalue weighted by molar-refractivity contribution is -0.137. The van der Waals surface area contributed by atoms with Crippen LogP contribution < -0.4 is 0 Å². The van der Waals surface area contributed by atoms with Crippen LogP contribution in [0.4, 0.5) is 13.2 Å². The highest BCUT2D eigenvalue weighted by molar-refractivity contribution is 5.37. The molecule has 2 rings (SSSR count). The molecule has 0 aromatic heterocycles. The smallest absolute Gasteiger partial charge is 0.374 e. The van der Waals surface area contributed by atoms with Gasteiger partial charge in [0.05, 0.1) is 5.56 Å². The monoisotopic (exact) mass is 259 g/mol. The lowest BCUT2D eigenvalue weighted by atomic mass is 10.1. The Hall–Kier alpha value is -1.07. The molecule has 0 aliphatic carbocycles. The normalized spacial score (nSPS) is 20.5. The molecule has 2 nitrogen and oxygen atoms in total. The fourth-order valence-corrected chi connectivity index (χ4v) is 2.31. The third kappa shape index (κ3) is 2.52. The standard InChI is InChI=1S/C13H16F3NO/c1-8(2)6-17-7-9-5-10(13(14,15)16)3-4-11(9)12(17)18/h3-5,8,12,18H,6-7H2,1-2H3. The molecule has 1 aliphatic heterocycles. The highest BCUT2D eigenvalue weighted by Crippen LogP contribution is 2.37. The predicted molar refractivity (Wildman–Crippen MR) is 61.7 cm³/mol. The van der Waals surface area contributed by atoms with E-state index in [1.165, 1.54) is 6.07 Å². The number of fused-ring (bicyclic) bond motifs is 1. The molecule has 0 fully saturated rings. The number of alkyl halides is 3. The summed E-state index contributed by atoms with van der Waals surface area (Å²) in [5.74, 6) is 0.357. The molecule has 1 N–H and O–H groups in total. The topological polar surface area (TPSA) is 23.5 Å². The van der Waals surface area contributed by atoms with E-state index in [9.17, 15) is 18.3 Å². The lowest BCUT2D eigenvalue weighted by Crippen LogP contribution is -2.26. The highest BCUT2D eigenvalue weighted by atomic mass is 19.4. The van der Waals surface area contributed by atoms with Gasteiger partial charge in [-0.05, 0) is 29.2 Å². The first-order valence-electron chi connectivity index (χ1n) is 5.91. The van der Waals surface area contributed by atoms with Crippen LogP contribution in [0.15, 0.2) is 18.2 Å². The number of halogens is 3. The van der Waals surface area contributed by atoms with Crippen LogP contribution >= 0.6 is 0 Å². The molecule has 0 bridgehead atoms.